The van der Waals surface area contributed by atoms with Crippen molar-refractivity contribution in [1.82, 2.24) is 10.0 Å². The predicted molar refractivity (Wildman–Crippen MR) is 62.3 cm³/mol. The minimum Gasteiger partial charge on any atom is -0.315 e. The molecule has 0 aromatic heterocycles. The first-order valence-corrected chi connectivity index (χ1v) is 7.37. The summed E-state index contributed by atoms with van der Waals surface area (Å²) in [5.41, 5.74) is -0.405. The van der Waals surface area contributed by atoms with E-state index in [4.69, 9.17) is 0 Å². The van der Waals surface area contributed by atoms with Gasteiger partial charge < -0.3 is 5.32 Å². The zero-order valence-electron chi connectivity index (χ0n) is 9.84. The lowest BCUT2D eigenvalue weighted by Crippen LogP contribution is -2.50. The molecule has 1 aliphatic rings. The van der Waals surface area contributed by atoms with Crippen LogP contribution in [0.1, 0.15) is 33.1 Å². The summed E-state index contributed by atoms with van der Waals surface area (Å²) in [6.45, 7) is 5.47. The zero-order valence-corrected chi connectivity index (χ0v) is 10.7. The van der Waals surface area contributed by atoms with Crippen molar-refractivity contribution in [1.29, 1.82) is 0 Å². The molecular weight excluding hydrogens is 212 g/mol. The molecule has 0 unspecified atom stereocenters. The highest BCUT2D eigenvalue weighted by Gasteiger charge is 2.23. The van der Waals surface area contributed by atoms with Crippen LogP contribution in [0.5, 0.6) is 0 Å². The van der Waals surface area contributed by atoms with Crippen molar-refractivity contribution in [3.05, 3.63) is 0 Å². The van der Waals surface area contributed by atoms with Gasteiger partial charge >= 0.3 is 0 Å². The summed E-state index contributed by atoms with van der Waals surface area (Å²) in [6.07, 6.45) is 5.16. The smallest absolute Gasteiger partial charge is 0.209 e. The summed E-state index contributed by atoms with van der Waals surface area (Å²) in [5.74, 6) is 0.805. The van der Waals surface area contributed by atoms with Gasteiger partial charge in [0.25, 0.3) is 0 Å². The van der Waals surface area contributed by atoms with Crippen LogP contribution in [0.4, 0.5) is 0 Å². The number of hydrogen-bond acceptors (Lipinski definition) is 3. The number of sulfonamides is 1. The molecule has 0 bridgehead atoms. The van der Waals surface area contributed by atoms with Gasteiger partial charge in [0, 0.05) is 12.1 Å². The molecule has 0 amide bonds. The Balaban J connectivity index is 2.22. The van der Waals surface area contributed by atoms with E-state index in [2.05, 4.69) is 10.0 Å². The van der Waals surface area contributed by atoms with Gasteiger partial charge in [-0.1, -0.05) is 6.42 Å². The molecule has 90 valence electrons. The normalized spacial score (nSPS) is 18.9. The summed E-state index contributed by atoms with van der Waals surface area (Å²) in [4.78, 5) is 0. The van der Waals surface area contributed by atoms with Crippen molar-refractivity contribution in [2.24, 2.45) is 5.92 Å². The first-order chi connectivity index (χ1) is 6.79. The van der Waals surface area contributed by atoms with Crippen LogP contribution in [0.2, 0.25) is 0 Å². The third kappa shape index (κ3) is 5.49. The van der Waals surface area contributed by atoms with Crippen molar-refractivity contribution in [2.45, 2.75) is 38.6 Å². The Morgan fingerprint density at radius 3 is 2.33 bits per heavy atom. The van der Waals surface area contributed by atoms with Crippen molar-refractivity contribution in [3.63, 3.8) is 0 Å². The highest BCUT2D eigenvalue weighted by Crippen LogP contribution is 2.25. The molecule has 0 spiro atoms. The van der Waals surface area contributed by atoms with E-state index in [1.54, 1.807) is 0 Å². The Bertz CT molecular complexity index is 295. The molecule has 1 fully saturated rings. The highest BCUT2D eigenvalue weighted by atomic mass is 32.2. The fraction of sp³-hybridized carbons (Fsp3) is 1.00. The molecule has 15 heavy (non-hydrogen) atoms. The first kappa shape index (κ1) is 12.9. The van der Waals surface area contributed by atoms with Crippen LogP contribution < -0.4 is 10.0 Å². The van der Waals surface area contributed by atoms with Gasteiger partial charge in [0.15, 0.2) is 0 Å². The second-order valence-corrected chi connectivity index (χ2v) is 6.93. The van der Waals surface area contributed by atoms with Crippen LogP contribution in [0.25, 0.3) is 0 Å². The molecular formula is C10H22N2O2S. The van der Waals surface area contributed by atoms with Gasteiger partial charge in [-0.15, -0.1) is 0 Å². The molecule has 0 aromatic carbocycles. The van der Waals surface area contributed by atoms with Gasteiger partial charge in [0.1, 0.15) is 0 Å². The van der Waals surface area contributed by atoms with Gasteiger partial charge in [-0.2, -0.15) is 0 Å². The molecule has 5 heteroatoms. The van der Waals surface area contributed by atoms with E-state index in [1.807, 2.05) is 13.8 Å². The van der Waals surface area contributed by atoms with E-state index in [-0.39, 0.29) is 0 Å². The van der Waals surface area contributed by atoms with Crippen LogP contribution in [-0.2, 0) is 10.0 Å². The molecule has 4 nitrogen and oxygen atoms in total. The largest absolute Gasteiger partial charge is 0.315 e. The molecule has 1 aliphatic carbocycles. The summed E-state index contributed by atoms with van der Waals surface area (Å²) in [7, 11) is -3.11. The third-order valence-electron chi connectivity index (χ3n) is 2.69. The molecule has 0 heterocycles. The van der Waals surface area contributed by atoms with E-state index in [0.29, 0.717) is 6.54 Å². The first-order valence-electron chi connectivity index (χ1n) is 5.48. The summed E-state index contributed by atoms with van der Waals surface area (Å²) in [6, 6.07) is 0. The van der Waals surface area contributed by atoms with Crippen molar-refractivity contribution >= 4 is 10.0 Å². The topological polar surface area (TPSA) is 58.2 Å². The fourth-order valence-electron chi connectivity index (χ4n) is 1.82. The SMILES string of the molecule is CC(C)(CNCC1CCC1)NS(C)(=O)=O. The number of hydrogen-bond donors (Lipinski definition) is 2. The van der Waals surface area contributed by atoms with Crippen LogP contribution >= 0.6 is 0 Å². The Morgan fingerprint density at radius 1 is 1.33 bits per heavy atom. The number of rotatable bonds is 6. The predicted octanol–water partition coefficient (Wildman–Crippen LogP) is 0.704. The molecule has 0 aliphatic heterocycles. The van der Waals surface area contributed by atoms with Crippen molar-refractivity contribution in [3.8, 4) is 0 Å². The average molecular weight is 234 g/mol. The van der Waals surface area contributed by atoms with Crippen LogP contribution in [0, 0.1) is 5.92 Å². The average Bonchev–Trinajstić information content (AvgIpc) is 1.89. The van der Waals surface area contributed by atoms with Crippen LogP contribution in [0.3, 0.4) is 0 Å². The maximum Gasteiger partial charge on any atom is 0.209 e. The molecule has 0 aromatic rings. The van der Waals surface area contributed by atoms with Crippen LogP contribution in [0.15, 0.2) is 0 Å². The second kappa shape index (κ2) is 4.80. The van der Waals surface area contributed by atoms with E-state index >= 15 is 0 Å². The second-order valence-electron chi connectivity index (χ2n) is 5.19. The lowest BCUT2D eigenvalue weighted by atomic mass is 9.85. The van der Waals surface area contributed by atoms with Crippen LogP contribution in [-0.4, -0.2) is 33.3 Å². The highest BCUT2D eigenvalue weighted by molar-refractivity contribution is 7.88. The monoisotopic (exact) mass is 234 g/mol. The van der Waals surface area contributed by atoms with Gasteiger partial charge in [0.05, 0.1) is 6.26 Å². The Labute approximate surface area is 92.9 Å². The lowest BCUT2D eigenvalue weighted by Gasteiger charge is -2.29. The van der Waals surface area contributed by atoms with Crippen molar-refractivity contribution < 1.29 is 8.42 Å². The lowest BCUT2D eigenvalue weighted by molar-refractivity contribution is 0.289. The molecule has 2 N–H and O–H groups in total. The van der Waals surface area contributed by atoms with E-state index in [1.165, 1.54) is 25.5 Å². The van der Waals surface area contributed by atoms with Gasteiger partial charge in [0.2, 0.25) is 10.0 Å². The fourth-order valence-corrected chi connectivity index (χ4v) is 2.90. The van der Waals surface area contributed by atoms with Gasteiger partial charge in [-0.3, -0.25) is 0 Å². The minimum absolute atomic E-state index is 0.405. The molecule has 1 rings (SSSR count). The van der Waals surface area contributed by atoms with E-state index in [9.17, 15) is 8.42 Å². The summed E-state index contributed by atoms with van der Waals surface area (Å²) in [5, 5.41) is 3.32. The maximum atomic E-state index is 11.1. The Morgan fingerprint density at radius 2 is 1.93 bits per heavy atom. The Hall–Kier alpha value is -0.130. The molecule has 1 saturated carbocycles. The number of nitrogens with one attached hydrogen (secondary N) is 2. The van der Waals surface area contributed by atoms with Gasteiger partial charge in [-0.05, 0) is 39.2 Å². The summed E-state index contributed by atoms with van der Waals surface area (Å²) >= 11 is 0. The van der Waals surface area contributed by atoms with Crippen molar-refractivity contribution in [2.75, 3.05) is 19.3 Å². The molecule has 0 radical (unpaired) electrons. The van der Waals surface area contributed by atoms with E-state index < -0.39 is 15.6 Å². The Kier molecular flexibility index (Phi) is 4.14. The molecule has 0 atom stereocenters. The maximum absolute atomic E-state index is 11.1. The summed E-state index contributed by atoms with van der Waals surface area (Å²) < 4.78 is 24.8. The zero-order chi connectivity index (χ0) is 11.5. The standard InChI is InChI=1S/C10H22N2O2S/c1-10(2,12-15(3,13)14)8-11-7-9-5-4-6-9/h9,11-12H,4-8H2,1-3H3. The quantitative estimate of drug-likeness (QED) is 0.711. The van der Waals surface area contributed by atoms with Gasteiger partial charge in [-0.25, -0.2) is 13.1 Å². The third-order valence-corrected chi connectivity index (χ3v) is 3.61. The molecule has 0 saturated heterocycles. The minimum atomic E-state index is -3.11. The van der Waals surface area contributed by atoms with E-state index in [0.717, 1.165) is 12.5 Å².